The predicted molar refractivity (Wildman–Crippen MR) is 157 cm³/mol. The fraction of sp³-hybridized carbons (Fsp3) is 0.152. The van der Waals surface area contributed by atoms with Gasteiger partial charge in [-0.2, -0.15) is 0 Å². The molecule has 3 heterocycles. The van der Waals surface area contributed by atoms with Gasteiger partial charge >= 0.3 is 0 Å². The molecule has 4 aromatic carbocycles. The van der Waals surface area contributed by atoms with Crippen molar-refractivity contribution in [2.75, 3.05) is 42.1 Å². The zero-order chi connectivity index (χ0) is 26.1. The van der Waals surface area contributed by atoms with Gasteiger partial charge in [0.05, 0.1) is 19.0 Å². The number of nitrogens with zero attached hydrogens (tertiary/aromatic N) is 4. The molecule has 39 heavy (non-hydrogen) atoms. The smallest absolute Gasteiger partial charge is 0.222 e. The molecule has 2 aliphatic heterocycles. The lowest BCUT2D eigenvalue weighted by atomic mass is 10.1. The highest BCUT2D eigenvalue weighted by Gasteiger charge is 2.35. The Hall–Kier alpha value is -4.84. The average molecular weight is 513 g/mol. The number of hydrogen-bond acceptors (Lipinski definition) is 6. The average Bonchev–Trinajstić information content (AvgIpc) is 3.69. The van der Waals surface area contributed by atoms with Crippen molar-refractivity contribution in [1.29, 1.82) is 0 Å². The molecule has 5 aromatic rings. The molecular formula is C33H28N4O2. The summed E-state index contributed by atoms with van der Waals surface area (Å²) < 4.78 is 12.6. The summed E-state index contributed by atoms with van der Waals surface area (Å²) >= 11 is 0. The van der Waals surface area contributed by atoms with Gasteiger partial charge in [0, 0.05) is 60.7 Å². The van der Waals surface area contributed by atoms with Crippen LogP contribution >= 0.6 is 0 Å². The number of rotatable bonds is 4. The summed E-state index contributed by atoms with van der Waals surface area (Å²) in [7, 11) is 4.24. The van der Waals surface area contributed by atoms with E-state index < -0.39 is 0 Å². The van der Waals surface area contributed by atoms with E-state index in [4.69, 9.17) is 9.15 Å². The van der Waals surface area contributed by atoms with Gasteiger partial charge in [0.2, 0.25) is 5.88 Å². The topological polar surface area (TPSA) is 35.3 Å². The summed E-state index contributed by atoms with van der Waals surface area (Å²) in [6, 6.07) is 33.7. The summed E-state index contributed by atoms with van der Waals surface area (Å²) in [6.45, 7) is 1.56. The van der Waals surface area contributed by atoms with Crippen LogP contribution in [-0.2, 0) is 6.42 Å². The van der Waals surface area contributed by atoms with Crippen molar-refractivity contribution in [3.05, 3.63) is 114 Å². The molecule has 6 nitrogen and oxygen atoms in total. The van der Waals surface area contributed by atoms with E-state index in [1.807, 2.05) is 24.3 Å². The molecule has 8 rings (SSSR count). The van der Waals surface area contributed by atoms with Crippen LogP contribution in [0.1, 0.15) is 11.1 Å². The molecule has 0 amide bonds. The highest BCUT2D eigenvalue weighted by Crippen LogP contribution is 2.48. The molecule has 0 saturated heterocycles. The second-order valence-corrected chi connectivity index (χ2v) is 10.5. The molecule has 0 bridgehead atoms. The maximum Gasteiger partial charge on any atom is 0.222 e. The van der Waals surface area contributed by atoms with Crippen molar-refractivity contribution in [2.24, 2.45) is 0 Å². The van der Waals surface area contributed by atoms with Crippen LogP contribution < -0.4 is 19.4 Å². The number of hydrogen-bond donors (Lipinski definition) is 0. The van der Waals surface area contributed by atoms with Gasteiger partial charge in [-0.1, -0.05) is 48.5 Å². The van der Waals surface area contributed by atoms with Crippen LogP contribution in [0.25, 0.3) is 16.7 Å². The van der Waals surface area contributed by atoms with Gasteiger partial charge in [-0.3, -0.25) is 0 Å². The Kier molecular flexibility index (Phi) is 4.74. The normalized spacial score (nSPS) is 15.8. The van der Waals surface area contributed by atoms with Crippen LogP contribution in [0.2, 0.25) is 0 Å². The van der Waals surface area contributed by atoms with E-state index in [9.17, 15) is 0 Å². The highest BCUT2D eigenvalue weighted by molar-refractivity contribution is 6.02. The third-order valence-corrected chi connectivity index (χ3v) is 7.98. The first-order valence-electron chi connectivity index (χ1n) is 13.3. The van der Waals surface area contributed by atoms with E-state index in [0.29, 0.717) is 0 Å². The number of ether oxygens (including phenoxy) is 1. The molecular weight excluding hydrogens is 484 g/mol. The number of para-hydroxylation sites is 1. The first-order valence-corrected chi connectivity index (χ1v) is 13.3. The maximum absolute atomic E-state index is 6.44. The Morgan fingerprint density at radius 3 is 2.21 bits per heavy atom. The Morgan fingerprint density at radius 2 is 1.38 bits per heavy atom. The molecule has 1 aromatic heterocycles. The molecule has 0 saturated carbocycles. The standard InChI is InChI=1S/C33H28N4O2/c1-34-20-36(29-17-22-9-3-4-14-27(22)31(29)34)23-10-7-12-25(18-23)38-26-13-8-11-24(19-26)37-21-35(2)33-32(37)28-15-5-6-16-30(28)39-33/h3-16,18-19H,17,20-21H2,1-2H3. The van der Waals surface area contributed by atoms with Crippen LogP contribution in [0.5, 0.6) is 11.5 Å². The summed E-state index contributed by atoms with van der Waals surface area (Å²) in [5.74, 6) is 2.53. The Bertz CT molecular complexity index is 1790. The lowest BCUT2D eigenvalue weighted by molar-refractivity contribution is 0.481. The summed E-state index contributed by atoms with van der Waals surface area (Å²) in [4.78, 5) is 9.18. The van der Waals surface area contributed by atoms with Gasteiger partial charge in [0.25, 0.3) is 0 Å². The third-order valence-electron chi connectivity index (χ3n) is 7.98. The quantitative estimate of drug-likeness (QED) is 0.250. The van der Waals surface area contributed by atoms with Gasteiger partial charge in [-0.25, -0.2) is 0 Å². The SMILES string of the molecule is CN1CN(c2cccc(Oc3cccc(N4CN(C)c5oc6ccccc6c54)c3)c2)C2=C1c1ccccc1C2. The van der Waals surface area contributed by atoms with Gasteiger partial charge < -0.3 is 28.8 Å². The Balaban J connectivity index is 1.08. The lowest BCUT2D eigenvalue weighted by Gasteiger charge is -2.24. The van der Waals surface area contributed by atoms with Crippen molar-refractivity contribution in [2.45, 2.75) is 6.42 Å². The molecule has 0 atom stereocenters. The van der Waals surface area contributed by atoms with Crippen molar-refractivity contribution in [3.8, 4) is 11.5 Å². The van der Waals surface area contributed by atoms with Crippen molar-refractivity contribution in [3.63, 3.8) is 0 Å². The monoisotopic (exact) mass is 512 g/mol. The minimum Gasteiger partial charge on any atom is -0.457 e. The minimum atomic E-state index is 0.722. The summed E-state index contributed by atoms with van der Waals surface area (Å²) in [6.07, 6.45) is 0.956. The Morgan fingerprint density at radius 1 is 0.692 bits per heavy atom. The van der Waals surface area contributed by atoms with Crippen LogP contribution in [0, 0.1) is 0 Å². The second-order valence-electron chi connectivity index (χ2n) is 10.5. The van der Waals surface area contributed by atoms with Crippen LogP contribution in [0.3, 0.4) is 0 Å². The van der Waals surface area contributed by atoms with Crippen molar-refractivity contribution >= 4 is 39.6 Å². The fourth-order valence-electron chi connectivity index (χ4n) is 6.24. The largest absolute Gasteiger partial charge is 0.457 e. The van der Waals surface area contributed by atoms with Crippen LogP contribution in [0.15, 0.2) is 107 Å². The minimum absolute atomic E-state index is 0.722. The van der Waals surface area contributed by atoms with Crippen molar-refractivity contribution < 1.29 is 9.15 Å². The highest BCUT2D eigenvalue weighted by atomic mass is 16.5. The molecule has 0 fully saturated rings. The lowest BCUT2D eigenvalue weighted by Crippen LogP contribution is -2.26. The molecule has 0 spiro atoms. The van der Waals surface area contributed by atoms with Gasteiger partial charge in [0.15, 0.2) is 0 Å². The third kappa shape index (κ3) is 3.41. The number of fused-ring (bicyclic) bond motifs is 5. The molecule has 6 heteroatoms. The van der Waals surface area contributed by atoms with Gasteiger partial charge in [0.1, 0.15) is 22.8 Å². The predicted octanol–water partition coefficient (Wildman–Crippen LogP) is 7.40. The first-order chi connectivity index (χ1) is 19.1. The van der Waals surface area contributed by atoms with E-state index in [1.54, 1.807) is 0 Å². The number of allylic oxidation sites excluding steroid dienone is 1. The van der Waals surface area contributed by atoms with E-state index in [1.165, 1.54) is 22.5 Å². The maximum atomic E-state index is 6.44. The second kappa shape index (κ2) is 8.33. The van der Waals surface area contributed by atoms with Crippen molar-refractivity contribution in [1.82, 2.24) is 4.90 Å². The fourth-order valence-corrected chi connectivity index (χ4v) is 6.24. The molecule has 192 valence electrons. The first kappa shape index (κ1) is 22.2. The van der Waals surface area contributed by atoms with E-state index >= 15 is 0 Å². The zero-order valence-electron chi connectivity index (χ0n) is 22.0. The molecule has 0 unspecified atom stereocenters. The Labute approximate surface area is 227 Å². The van der Waals surface area contributed by atoms with Crippen LogP contribution in [0.4, 0.5) is 22.9 Å². The molecule has 3 aliphatic rings. The molecule has 0 radical (unpaired) electrons. The number of benzene rings is 4. The van der Waals surface area contributed by atoms with Gasteiger partial charge in [-0.15, -0.1) is 0 Å². The molecule has 0 N–H and O–H groups in total. The molecule has 1 aliphatic carbocycles. The zero-order valence-corrected chi connectivity index (χ0v) is 22.0. The van der Waals surface area contributed by atoms with E-state index in [-0.39, 0.29) is 0 Å². The number of anilines is 4. The summed E-state index contributed by atoms with van der Waals surface area (Å²) in [5.41, 5.74) is 9.66. The van der Waals surface area contributed by atoms with Crippen LogP contribution in [-0.4, -0.2) is 32.3 Å². The van der Waals surface area contributed by atoms with E-state index in [0.717, 1.165) is 65.2 Å². The summed E-state index contributed by atoms with van der Waals surface area (Å²) in [5, 5.41) is 1.12. The number of furan rings is 1. The van der Waals surface area contributed by atoms with Gasteiger partial charge in [-0.05, 0) is 42.0 Å². The van der Waals surface area contributed by atoms with E-state index in [2.05, 4.69) is 106 Å².